The molecule has 0 saturated heterocycles. The number of fused-ring (bicyclic) bond motifs is 1. The maximum atomic E-state index is 13.1. The summed E-state index contributed by atoms with van der Waals surface area (Å²) in [5.41, 5.74) is 1.45. The molecule has 0 fully saturated rings. The van der Waals surface area contributed by atoms with Crippen molar-refractivity contribution in [2.24, 2.45) is 0 Å². The predicted octanol–water partition coefficient (Wildman–Crippen LogP) is 2.96. The number of amides is 2. The smallest absolute Gasteiger partial charge is 0.289 e. The van der Waals surface area contributed by atoms with Gasteiger partial charge in [0.2, 0.25) is 0 Å². The number of rotatable bonds is 8. The molecule has 0 spiro atoms. The Morgan fingerprint density at radius 3 is 2.16 bits per heavy atom. The SMILES string of the molecule is CCCN(CCC)C(=O)c1nc(C(=O)N(CC)CC)n2c1CCCC2. The Labute approximate surface area is 151 Å². The van der Waals surface area contributed by atoms with E-state index >= 15 is 0 Å². The average Bonchev–Trinajstić information content (AvgIpc) is 3.01. The maximum Gasteiger partial charge on any atom is 0.289 e. The Balaban J connectivity index is 2.42. The van der Waals surface area contributed by atoms with Crippen LogP contribution in [0.4, 0.5) is 0 Å². The zero-order valence-electron chi connectivity index (χ0n) is 16.2. The quantitative estimate of drug-likeness (QED) is 0.726. The fraction of sp³-hybridized carbons (Fsp3) is 0.737. The molecule has 2 heterocycles. The van der Waals surface area contributed by atoms with E-state index in [1.165, 1.54) is 0 Å². The third-order valence-electron chi connectivity index (χ3n) is 4.84. The maximum absolute atomic E-state index is 13.1. The zero-order valence-corrected chi connectivity index (χ0v) is 16.2. The van der Waals surface area contributed by atoms with Crippen LogP contribution < -0.4 is 0 Å². The van der Waals surface area contributed by atoms with E-state index in [0.29, 0.717) is 24.6 Å². The second-order valence-corrected chi connectivity index (χ2v) is 6.61. The van der Waals surface area contributed by atoms with Gasteiger partial charge in [0, 0.05) is 32.7 Å². The van der Waals surface area contributed by atoms with E-state index in [1.54, 1.807) is 4.90 Å². The van der Waals surface area contributed by atoms with Crippen molar-refractivity contribution < 1.29 is 9.59 Å². The van der Waals surface area contributed by atoms with Crippen molar-refractivity contribution in [3.05, 3.63) is 17.2 Å². The van der Waals surface area contributed by atoms with Crippen LogP contribution in [0.5, 0.6) is 0 Å². The lowest BCUT2D eigenvalue weighted by Gasteiger charge is -2.22. The molecule has 0 unspecified atom stereocenters. The molecule has 0 N–H and O–H groups in total. The van der Waals surface area contributed by atoms with Crippen molar-refractivity contribution in [2.75, 3.05) is 26.2 Å². The van der Waals surface area contributed by atoms with Crippen molar-refractivity contribution in [3.63, 3.8) is 0 Å². The molecule has 0 aliphatic carbocycles. The molecule has 0 aromatic carbocycles. The Morgan fingerprint density at radius 1 is 0.960 bits per heavy atom. The lowest BCUT2D eigenvalue weighted by molar-refractivity contribution is 0.0748. The third kappa shape index (κ3) is 4.05. The number of aromatic nitrogens is 2. The van der Waals surface area contributed by atoms with Crippen LogP contribution in [0.2, 0.25) is 0 Å². The molecule has 0 saturated carbocycles. The minimum absolute atomic E-state index is 0.0204. The number of hydrogen-bond donors (Lipinski definition) is 0. The molecule has 0 bridgehead atoms. The highest BCUT2D eigenvalue weighted by atomic mass is 16.2. The fourth-order valence-corrected chi connectivity index (χ4v) is 3.53. The summed E-state index contributed by atoms with van der Waals surface area (Å²) in [5, 5.41) is 0. The first-order chi connectivity index (χ1) is 12.1. The van der Waals surface area contributed by atoms with Gasteiger partial charge in [0.1, 0.15) is 5.69 Å². The first-order valence-electron chi connectivity index (χ1n) is 9.76. The molecule has 6 heteroatoms. The first kappa shape index (κ1) is 19.5. The molecule has 0 radical (unpaired) electrons. The van der Waals surface area contributed by atoms with Crippen LogP contribution in [0.25, 0.3) is 0 Å². The molecular formula is C19H32N4O2. The van der Waals surface area contributed by atoms with E-state index in [1.807, 2.05) is 23.3 Å². The predicted molar refractivity (Wildman–Crippen MR) is 98.9 cm³/mol. The van der Waals surface area contributed by atoms with E-state index < -0.39 is 0 Å². The average molecular weight is 348 g/mol. The van der Waals surface area contributed by atoms with Gasteiger partial charge >= 0.3 is 0 Å². The Hall–Kier alpha value is -1.85. The molecular weight excluding hydrogens is 316 g/mol. The number of carbonyl (C=O) groups excluding carboxylic acids is 2. The van der Waals surface area contributed by atoms with Crippen molar-refractivity contribution in [1.82, 2.24) is 19.4 Å². The zero-order chi connectivity index (χ0) is 18.4. The van der Waals surface area contributed by atoms with E-state index in [4.69, 9.17) is 0 Å². The van der Waals surface area contributed by atoms with Crippen LogP contribution in [0.1, 0.15) is 80.2 Å². The molecule has 0 atom stereocenters. The van der Waals surface area contributed by atoms with Crippen LogP contribution in [-0.2, 0) is 13.0 Å². The summed E-state index contributed by atoms with van der Waals surface area (Å²) in [6, 6.07) is 0. The summed E-state index contributed by atoms with van der Waals surface area (Å²) in [4.78, 5) is 34.1. The van der Waals surface area contributed by atoms with Crippen molar-refractivity contribution in [3.8, 4) is 0 Å². The van der Waals surface area contributed by atoms with Gasteiger partial charge in [-0.1, -0.05) is 13.8 Å². The van der Waals surface area contributed by atoms with Crippen molar-refractivity contribution in [1.29, 1.82) is 0 Å². The molecule has 1 aromatic heterocycles. The van der Waals surface area contributed by atoms with E-state index in [-0.39, 0.29) is 11.8 Å². The minimum atomic E-state index is -0.0651. The van der Waals surface area contributed by atoms with Gasteiger partial charge in [0.15, 0.2) is 5.82 Å². The number of nitrogens with zero attached hydrogens (tertiary/aromatic N) is 4. The standard InChI is InChI=1S/C19H32N4O2/c1-5-12-22(13-6-2)18(24)16-15-11-9-10-14-23(15)17(20-16)19(25)21(7-3)8-4/h5-14H2,1-4H3. The van der Waals surface area contributed by atoms with Gasteiger partial charge in [-0.3, -0.25) is 9.59 Å². The van der Waals surface area contributed by atoms with E-state index in [2.05, 4.69) is 18.8 Å². The second-order valence-electron chi connectivity index (χ2n) is 6.61. The number of carbonyl (C=O) groups is 2. The molecule has 1 aromatic rings. The number of imidazole rings is 1. The summed E-state index contributed by atoms with van der Waals surface area (Å²) >= 11 is 0. The minimum Gasteiger partial charge on any atom is -0.337 e. The third-order valence-corrected chi connectivity index (χ3v) is 4.84. The summed E-state index contributed by atoms with van der Waals surface area (Å²) in [6.07, 6.45) is 4.75. The first-order valence-corrected chi connectivity index (χ1v) is 9.76. The van der Waals surface area contributed by atoms with Crippen LogP contribution >= 0.6 is 0 Å². The Kier molecular flexibility index (Phi) is 7.02. The van der Waals surface area contributed by atoms with Crippen LogP contribution in [0.15, 0.2) is 0 Å². The van der Waals surface area contributed by atoms with Gasteiger partial charge in [-0.05, 0) is 46.0 Å². The van der Waals surface area contributed by atoms with E-state index in [9.17, 15) is 9.59 Å². The summed E-state index contributed by atoms with van der Waals surface area (Å²) < 4.78 is 1.99. The van der Waals surface area contributed by atoms with Gasteiger partial charge in [0.05, 0.1) is 5.69 Å². The summed E-state index contributed by atoms with van der Waals surface area (Å²) in [7, 11) is 0. The van der Waals surface area contributed by atoms with Crippen molar-refractivity contribution in [2.45, 2.75) is 66.3 Å². The van der Waals surface area contributed by atoms with Crippen LogP contribution in [0.3, 0.4) is 0 Å². The van der Waals surface area contributed by atoms with Crippen molar-refractivity contribution >= 4 is 11.8 Å². The van der Waals surface area contributed by atoms with Crippen LogP contribution in [0, 0.1) is 0 Å². The van der Waals surface area contributed by atoms with E-state index in [0.717, 1.165) is 57.4 Å². The van der Waals surface area contributed by atoms with Gasteiger partial charge in [0.25, 0.3) is 11.8 Å². The van der Waals surface area contributed by atoms with Gasteiger partial charge in [-0.25, -0.2) is 4.98 Å². The van der Waals surface area contributed by atoms with Gasteiger partial charge in [-0.15, -0.1) is 0 Å². The number of hydrogen-bond acceptors (Lipinski definition) is 3. The molecule has 6 nitrogen and oxygen atoms in total. The largest absolute Gasteiger partial charge is 0.337 e. The van der Waals surface area contributed by atoms with Gasteiger partial charge < -0.3 is 14.4 Å². The summed E-state index contributed by atoms with van der Waals surface area (Å²) in [6.45, 7) is 11.6. The van der Waals surface area contributed by atoms with Crippen LogP contribution in [-0.4, -0.2) is 57.3 Å². The highest BCUT2D eigenvalue weighted by Crippen LogP contribution is 2.23. The summed E-state index contributed by atoms with van der Waals surface area (Å²) in [5.74, 6) is 0.354. The highest BCUT2D eigenvalue weighted by molar-refractivity contribution is 5.97. The Bertz CT molecular complexity index is 599. The molecule has 1 aliphatic rings. The molecule has 25 heavy (non-hydrogen) atoms. The topological polar surface area (TPSA) is 58.4 Å². The molecule has 140 valence electrons. The normalized spacial score (nSPS) is 13.4. The molecule has 2 rings (SSSR count). The second kappa shape index (κ2) is 9.02. The molecule has 2 amide bonds. The van der Waals surface area contributed by atoms with Gasteiger partial charge in [-0.2, -0.15) is 0 Å². The molecule has 1 aliphatic heterocycles. The monoisotopic (exact) mass is 348 g/mol. The lowest BCUT2D eigenvalue weighted by Crippen LogP contribution is -2.33. The fourth-order valence-electron chi connectivity index (χ4n) is 3.53. The highest BCUT2D eigenvalue weighted by Gasteiger charge is 2.30. The lowest BCUT2D eigenvalue weighted by atomic mass is 10.1. The Morgan fingerprint density at radius 2 is 1.60 bits per heavy atom.